The van der Waals surface area contributed by atoms with E-state index in [2.05, 4.69) is 5.32 Å². The summed E-state index contributed by atoms with van der Waals surface area (Å²) in [6.45, 7) is 1.74. The number of rotatable bonds is 4. The Morgan fingerprint density at radius 3 is 2.71 bits per heavy atom. The fraction of sp³-hybridized carbons (Fsp3) is 0.357. The van der Waals surface area contributed by atoms with Gasteiger partial charge in [-0.25, -0.2) is 4.79 Å². The van der Waals surface area contributed by atoms with Gasteiger partial charge in [0.25, 0.3) is 0 Å². The van der Waals surface area contributed by atoms with Crippen LogP contribution in [0, 0.1) is 5.92 Å². The zero-order valence-electron chi connectivity index (χ0n) is 11.4. The molecule has 2 N–H and O–H groups in total. The van der Waals surface area contributed by atoms with Crippen molar-refractivity contribution in [1.29, 1.82) is 0 Å². The molecule has 0 aromatic heterocycles. The van der Waals surface area contributed by atoms with Crippen molar-refractivity contribution in [3.05, 3.63) is 23.8 Å². The monoisotopic (exact) mass is 310 g/mol. The van der Waals surface area contributed by atoms with Gasteiger partial charge < -0.3 is 15.3 Å². The number of amides is 2. The van der Waals surface area contributed by atoms with E-state index in [0.717, 1.165) is 0 Å². The maximum absolute atomic E-state index is 12.0. The minimum atomic E-state index is -1.15. The van der Waals surface area contributed by atoms with Crippen LogP contribution < -0.4 is 10.2 Å². The number of alkyl halides is 1. The van der Waals surface area contributed by atoms with Crippen molar-refractivity contribution in [3.63, 3.8) is 0 Å². The lowest BCUT2D eigenvalue weighted by atomic mass is 10.1. The molecular weight excluding hydrogens is 296 g/mol. The molecule has 0 saturated carbocycles. The molecule has 6 nitrogen and oxygen atoms in total. The van der Waals surface area contributed by atoms with Gasteiger partial charge in [0, 0.05) is 31.5 Å². The molecule has 21 heavy (non-hydrogen) atoms. The largest absolute Gasteiger partial charge is 0.478 e. The first-order valence-corrected chi connectivity index (χ1v) is 6.97. The predicted molar refractivity (Wildman–Crippen MR) is 78.9 cm³/mol. The van der Waals surface area contributed by atoms with E-state index in [1.807, 2.05) is 0 Å². The van der Waals surface area contributed by atoms with E-state index in [9.17, 15) is 19.5 Å². The van der Waals surface area contributed by atoms with Crippen LogP contribution in [0.3, 0.4) is 0 Å². The SMILES string of the molecule is CC(=O)Nc1ccc(N2CC(CCl)CC2=O)c(C(=O)O)c1. The first-order valence-electron chi connectivity index (χ1n) is 6.43. The number of benzene rings is 1. The molecule has 0 bridgehead atoms. The number of carbonyl (C=O) groups is 3. The Bertz CT molecular complexity index is 603. The van der Waals surface area contributed by atoms with E-state index in [1.165, 1.54) is 24.0 Å². The molecule has 0 spiro atoms. The zero-order chi connectivity index (χ0) is 15.6. The van der Waals surface area contributed by atoms with Crippen LogP contribution in [0.1, 0.15) is 23.7 Å². The van der Waals surface area contributed by atoms with Crippen molar-refractivity contribution in [2.45, 2.75) is 13.3 Å². The Morgan fingerprint density at radius 2 is 2.19 bits per heavy atom. The smallest absolute Gasteiger partial charge is 0.337 e. The van der Waals surface area contributed by atoms with Crippen molar-refractivity contribution in [3.8, 4) is 0 Å². The molecule has 1 atom stereocenters. The molecule has 0 aliphatic carbocycles. The summed E-state index contributed by atoms with van der Waals surface area (Å²) in [5.41, 5.74) is 0.684. The van der Waals surface area contributed by atoms with Crippen molar-refractivity contribution in [1.82, 2.24) is 0 Å². The lowest BCUT2D eigenvalue weighted by molar-refractivity contribution is -0.117. The van der Waals surface area contributed by atoms with Crippen LogP contribution in [-0.4, -0.2) is 35.3 Å². The van der Waals surface area contributed by atoms with Gasteiger partial charge in [0.15, 0.2) is 0 Å². The second-order valence-corrected chi connectivity index (χ2v) is 5.26. The van der Waals surface area contributed by atoms with Gasteiger partial charge in [-0.15, -0.1) is 11.6 Å². The van der Waals surface area contributed by atoms with Crippen LogP contribution in [0.5, 0.6) is 0 Å². The Hall–Kier alpha value is -2.08. The number of carboxylic acids is 1. The van der Waals surface area contributed by atoms with Gasteiger partial charge in [0.2, 0.25) is 11.8 Å². The zero-order valence-corrected chi connectivity index (χ0v) is 12.2. The van der Waals surface area contributed by atoms with Gasteiger partial charge in [-0.2, -0.15) is 0 Å². The average molecular weight is 311 g/mol. The molecule has 112 valence electrons. The quantitative estimate of drug-likeness (QED) is 0.832. The molecule has 1 aliphatic heterocycles. The molecule has 1 heterocycles. The first-order chi connectivity index (χ1) is 9.92. The van der Waals surface area contributed by atoms with Gasteiger partial charge in [0.05, 0.1) is 11.3 Å². The van der Waals surface area contributed by atoms with Crippen LogP contribution in [0.25, 0.3) is 0 Å². The van der Waals surface area contributed by atoms with Crippen LogP contribution in [0.15, 0.2) is 18.2 Å². The van der Waals surface area contributed by atoms with Crippen LogP contribution >= 0.6 is 11.6 Å². The first kappa shape index (κ1) is 15.3. The Balaban J connectivity index is 2.37. The summed E-state index contributed by atoms with van der Waals surface area (Å²) in [6.07, 6.45) is 0.315. The number of halogens is 1. The number of nitrogens with zero attached hydrogens (tertiary/aromatic N) is 1. The Labute approximate surface area is 126 Å². The van der Waals surface area contributed by atoms with Crippen molar-refractivity contribution in [2.24, 2.45) is 5.92 Å². The second-order valence-electron chi connectivity index (χ2n) is 4.95. The Kier molecular flexibility index (Phi) is 4.47. The maximum atomic E-state index is 12.0. The van der Waals surface area contributed by atoms with E-state index in [-0.39, 0.29) is 23.3 Å². The molecule has 1 unspecified atom stereocenters. The van der Waals surface area contributed by atoms with Gasteiger partial charge in [-0.05, 0) is 24.1 Å². The van der Waals surface area contributed by atoms with E-state index in [4.69, 9.17) is 11.6 Å². The highest BCUT2D eigenvalue weighted by atomic mass is 35.5. The number of carbonyl (C=O) groups excluding carboxylic acids is 2. The van der Waals surface area contributed by atoms with Crippen LogP contribution in [0.2, 0.25) is 0 Å². The lowest BCUT2D eigenvalue weighted by Crippen LogP contribution is -2.26. The molecule has 7 heteroatoms. The number of nitrogens with one attached hydrogen (secondary N) is 1. The summed E-state index contributed by atoms with van der Waals surface area (Å²) in [7, 11) is 0. The molecule has 1 aliphatic rings. The summed E-state index contributed by atoms with van der Waals surface area (Å²) >= 11 is 5.77. The molecule has 1 saturated heterocycles. The fourth-order valence-corrected chi connectivity index (χ4v) is 2.55. The fourth-order valence-electron chi connectivity index (χ4n) is 2.34. The Morgan fingerprint density at radius 1 is 1.48 bits per heavy atom. The number of aromatic carboxylic acids is 1. The minimum Gasteiger partial charge on any atom is -0.478 e. The number of hydrogen-bond donors (Lipinski definition) is 2. The van der Waals surface area contributed by atoms with Crippen LogP contribution in [0.4, 0.5) is 11.4 Å². The van der Waals surface area contributed by atoms with E-state index in [1.54, 1.807) is 6.07 Å². The summed E-state index contributed by atoms with van der Waals surface area (Å²) in [5.74, 6) is -1.21. The molecule has 1 aromatic carbocycles. The van der Waals surface area contributed by atoms with Gasteiger partial charge >= 0.3 is 5.97 Å². The minimum absolute atomic E-state index is 0.0233. The number of anilines is 2. The topological polar surface area (TPSA) is 86.7 Å². The highest BCUT2D eigenvalue weighted by Crippen LogP contribution is 2.30. The highest BCUT2D eigenvalue weighted by Gasteiger charge is 2.32. The highest BCUT2D eigenvalue weighted by molar-refractivity contribution is 6.18. The van der Waals surface area contributed by atoms with E-state index in [0.29, 0.717) is 30.2 Å². The standard InChI is InChI=1S/C14H15ClN2O4/c1-8(18)16-10-2-3-12(11(5-10)14(20)21)17-7-9(6-15)4-13(17)19/h2-3,5,9H,4,6-7H2,1H3,(H,16,18)(H,20,21). The third-order valence-corrected chi connectivity index (χ3v) is 3.70. The molecular formula is C14H15ClN2O4. The van der Waals surface area contributed by atoms with Crippen LogP contribution in [-0.2, 0) is 9.59 Å². The van der Waals surface area contributed by atoms with Gasteiger partial charge in [-0.1, -0.05) is 0 Å². The third kappa shape index (κ3) is 3.33. The normalized spacial score (nSPS) is 17.9. The molecule has 0 radical (unpaired) electrons. The molecule has 2 rings (SSSR count). The van der Waals surface area contributed by atoms with Gasteiger partial charge in [0.1, 0.15) is 0 Å². The molecule has 1 fully saturated rings. The summed E-state index contributed by atoms with van der Waals surface area (Å²) in [4.78, 5) is 35.9. The van der Waals surface area contributed by atoms with Crippen molar-refractivity contribution in [2.75, 3.05) is 22.6 Å². The summed E-state index contributed by atoms with van der Waals surface area (Å²) < 4.78 is 0. The molecule has 2 amide bonds. The average Bonchev–Trinajstić information content (AvgIpc) is 2.79. The van der Waals surface area contributed by atoms with E-state index >= 15 is 0 Å². The summed E-state index contributed by atoms with van der Waals surface area (Å²) in [6, 6.07) is 4.45. The third-order valence-electron chi connectivity index (χ3n) is 3.26. The maximum Gasteiger partial charge on any atom is 0.337 e. The summed E-state index contributed by atoms with van der Waals surface area (Å²) in [5, 5.41) is 11.8. The van der Waals surface area contributed by atoms with Gasteiger partial charge in [-0.3, -0.25) is 9.59 Å². The van der Waals surface area contributed by atoms with E-state index < -0.39 is 5.97 Å². The number of carboxylic acid groups (broad SMARTS) is 1. The predicted octanol–water partition coefficient (Wildman–Crippen LogP) is 1.93. The molecule has 1 aromatic rings. The lowest BCUT2D eigenvalue weighted by Gasteiger charge is -2.19. The van der Waals surface area contributed by atoms with Crippen molar-refractivity contribution < 1.29 is 19.5 Å². The number of hydrogen-bond acceptors (Lipinski definition) is 3. The second kappa shape index (κ2) is 6.13. The van der Waals surface area contributed by atoms with Crippen molar-refractivity contribution >= 4 is 40.8 Å².